The van der Waals surface area contributed by atoms with Crippen molar-refractivity contribution in [2.75, 3.05) is 19.3 Å². The first kappa shape index (κ1) is 12.0. The third kappa shape index (κ3) is 3.21. The predicted molar refractivity (Wildman–Crippen MR) is 61.8 cm³/mol. The van der Waals surface area contributed by atoms with Crippen molar-refractivity contribution < 1.29 is 8.42 Å². The molecule has 0 fully saturated rings. The highest BCUT2D eigenvalue weighted by molar-refractivity contribution is 7.88. The van der Waals surface area contributed by atoms with Crippen molar-refractivity contribution in [1.82, 2.24) is 4.31 Å². The first-order valence-corrected chi connectivity index (χ1v) is 6.35. The van der Waals surface area contributed by atoms with Crippen LogP contribution in [0.4, 0.5) is 5.69 Å². The molecular weight excluding hydrogens is 212 g/mol. The lowest BCUT2D eigenvalue weighted by atomic mass is 10.2. The van der Waals surface area contributed by atoms with Crippen LogP contribution in [0.3, 0.4) is 0 Å². The van der Waals surface area contributed by atoms with Gasteiger partial charge in [-0.1, -0.05) is 19.1 Å². The molecule has 0 amide bonds. The van der Waals surface area contributed by atoms with Gasteiger partial charge in [0.2, 0.25) is 10.0 Å². The molecule has 0 saturated heterocycles. The second-order valence-corrected chi connectivity index (χ2v) is 5.49. The van der Waals surface area contributed by atoms with Crippen LogP contribution in [0.2, 0.25) is 0 Å². The molecule has 15 heavy (non-hydrogen) atoms. The third-order valence-corrected chi connectivity index (χ3v) is 4.16. The normalized spacial score (nSPS) is 11.9. The molecule has 1 aromatic rings. The number of sulfonamides is 1. The quantitative estimate of drug-likeness (QED) is 0.783. The van der Waals surface area contributed by atoms with E-state index in [2.05, 4.69) is 0 Å². The van der Waals surface area contributed by atoms with Crippen LogP contribution in [0.15, 0.2) is 24.3 Å². The molecule has 1 rings (SSSR count). The van der Waals surface area contributed by atoms with Crippen molar-refractivity contribution in [3.63, 3.8) is 0 Å². The summed E-state index contributed by atoms with van der Waals surface area (Å²) in [5.41, 5.74) is 6.91. The molecule has 4 nitrogen and oxygen atoms in total. The van der Waals surface area contributed by atoms with E-state index in [4.69, 9.17) is 5.73 Å². The number of nitrogen functional groups attached to an aromatic ring is 1. The summed E-state index contributed by atoms with van der Waals surface area (Å²) in [6, 6.07) is 6.88. The molecule has 0 aliphatic heterocycles. The standard InChI is InChI=1S/C10H16N2O2S/c1-3-12(2)15(13,14)8-9-4-6-10(11)7-5-9/h4-7H,3,8,11H2,1-2H3. The lowest BCUT2D eigenvalue weighted by molar-refractivity contribution is 0.485. The topological polar surface area (TPSA) is 63.4 Å². The summed E-state index contributed by atoms with van der Waals surface area (Å²) in [7, 11) is -1.61. The minimum atomic E-state index is -3.18. The smallest absolute Gasteiger partial charge is 0.218 e. The van der Waals surface area contributed by atoms with E-state index in [0.717, 1.165) is 5.56 Å². The van der Waals surface area contributed by atoms with Gasteiger partial charge in [-0.05, 0) is 17.7 Å². The van der Waals surface area contributed by atoms with E-state index < -0.39 is 10.0 Å². The Balaban J connectivity index is 2.82. The fraction of sp³-hybridized carbons (Fsp3) is 0.400. The summed E-state index contributed by atoms with van der Waals surface area (Å²) < 4.78 is 24.8. The molecule has 0 bridgehead atoms. The van der Waals surface area contributed by atoms with Gasteiger partial charge in [0.15, 0.2) is 0 Å². The van der Waals surface area contributed by atoms with Gasteiger partial charge in [-0.15, -0.1) is 0 Å². The Morgan fingerprint density at radius 1 is 1.27 bits per heavy atom. The average Bonchev–Trinajstić information content (AvgIpc) is 2.20. The van der Waals surface area contributed by atoms with E-state index in [1.807, 2.05) is 0 Å². The molecule has 0 atom stereocenters. The maximum absolute atomic E-state index is 11.7. The third-order valence-electron chi connectivity index (χ3n) is 2.25. The number of rotatable bonds is 4. The molecule has 1 aromatic carbocycles. The molecule has 0 heterocycles. The fourth-order valence-corrected chi connectivity index (χ4v) is 2.36. The Bertz CT molecular complexity index is 412. The van der Waals surface area contributed by atoms with Gasteiger partial charge in [0.25, 0.3) is 0 Å². The molecule has 0 saturated carbocycles. The lowest BCUT2D eigenvalue weighted by Crippen LogP contribution is -2.27. The largest absolute Gasteiger partial charge is 0.399 e. The molecule has 2 N–H and O–H groups in total. The summed E-state index contributed by atoms with van der Waals surface area (Å²) in [5.74, 6) is 0.0254. The van der Waals surface area contributed by atoms with Crippen molar-refractivity contribution in [3.05, 3.63) is 29.8 Å². The van der Waals surface area contributed by atoms with Gasteiger partial charge in [-0.25, -0.2) is 12.7 Å². The number of anilines is 1. The van der Waals surface area contributed by atoms with E-state index in [1.165, 1.54) is 4.31 Å². The number of hydrogen-bond acceptors (Lipinski definition) is 3. The maximum Gasteiger partial charge on any atom is 0.218 e. The van der Waals surface area contributed by atoms with Gasteiger partial charge < -0.3 is 5.73 Å². The summed E-state index contributed by atoms with van der Waals surface area (Å²) in [6.45, 7) is 2.29. The Morgan fingerprint density at radius 2 is 1.80 bits per heavy atom. The first-order valence-electron chi connectivity index (χ1n) is 4.74. The number of nitrogens with two attached hydrogens (primary N) is 1. The highest BCUT2D eigenvalue weighted by Gasteiger charge is 2.16. The van der Waals surface area contributed by atoms with Crippen LogP contribution in [-0.2, 0) is 15.8 Å². The molecular formula is C10H16N2O2S. The van der Waals surface area contributed by atoms with Crippen molar-refractivity contribution in [2.24, 2.45) is 0 Å². The maximum atomic E-state index is 11.7. The molecule has 0 aliphatic rings. The van der Waals surface area contributed by atoms with E-state index in [-0.39, 0.29) is 5.75 Å². The Morgan fingerprint density at radius 3 is 2.27 bits per heavy atom. The molecule has 0 spiro atoms. The fourth-order valence-electron chi connectivity index (χ4n) is 1.13. The van der Waals surface area contributed by atoms with E-state index >= 15 is 0 Å². The van der Waals surface area contributed by atoms with Crippen LogP contribution in [0, 0.1) is 0 Å². The summed E-state index contributed by atoms with van der Waals surface area (Å²) in [5, 5.41) is 0. The number of benzene rings is 1. The van der Waals surface area contributed by atoms with Crippen LogP contribution in [0.1, 0.15) is 12.5 Å². The lowest BCUT2D eigenvalue weighted by Gasteiger charge is -2.14. The molecule has 0 aromatic heterocycles. The SMILES string of the molecule is CCN(C)S(=O)(=O)Cc1ccc(N)cc1. The number of hydrogen-bond donors (Lipinski definition) is 1. The summed E-state index contributed by atoms with van der Waals surface area (Å²) in [4.78, 5) is 0. The van der Waals surface area contributed by atoms with Crippen LogP contribution in [-0.4, -0.2) is 26.3 Å². The van der Waals surface area contributed by atoms with Crippen molar-refractivity contribution in [2.45, 2.75) is 12.7 Å². The van der Waals surface area contributed by atoms with Gasteiger partial charge in [0.1, 0.15) is 0 Å². The van der Waals surface area contributed by atoms with Crippen LogP contribution in [0.25, 0.3) is 0 Å². The van der Waals surface area contributed by atoms with E-state index in [0.29, 0.717) is 12.2 Å². The zero-order chi connectivity index (χ0) is 11.5. The second kappa shape index (κ2) is 4.63. The van der Waals surface area contributed by atoms with Crippen LogP contribution >= 0.6 is 0 Å². The Kier molecular flexibility index (Phi) is 3.71. The predicted octanol–water partition coefficient (Wildman–Crippen LogP) is 1.05. The van der Waals surface area contributed by atoms with Crippen molar-refractivity contribution in [3.8, 4) is 0 Å². The molecule has 5 heteroatoms. The molecule has 0 unspecified atom stereocenters. The van der Waals surface area contributed by atoms with E-state index in [1.54, 1.807) is 38.2 Å². The van der Waals surface area contributed by atoms with Gasteiger partial charge >= 0.3 is 0 Å². The molecule has 0 aliphatic carbocycles. The van der Waals surface area contributed by atoms with Crippen LogP contribution < -0.4 is 5.73 Å². The van der Waals surface area contributed by atoms with Gasteiger partial charge in [0.05, 0.1) is 5.75 Å². The summed E-state index contributed by atoms with van der Waals surface area (Å²) >= 11 is 0. The highest BCUT2D eigenvalue weighted by Crippen LogP contribution is 2.11. The molecule has 84 valence electrons. The van der Waals surface area contributed by atoms with Crippen LogP contribution in [0.5, 0.6) is 0 Å². The van der Waals surface area contributed by atoms with Crippen molar-refractivity contribution >= 4 is 15.7 Å². The monoisotopic (exact) mass is 228 g/mol. The first-order chi connectivity index (χ1) is 6.95. The minimum Gasteiger partial charge on any atom is -0.399 e. The molecule has 0 radical (unpaired) electrons. The summed E-state index contributed by atoms with van der Waals surface area (Å²) in [6.07, 6.45) is 0. The van der Waals surface area contributed by atoms with Gasteiger partial charge in [-0.3, -0.25) is 0 Å². The van der Waals surface area contributed by atoms with Gasteiger partial charge in [0, 0.05) is 19.3 Å². The van der Waals surface area contributed by atoms with Gasteiger partial charge in [-0.2, -0.15) is 0 Å². The zero-order valence-electron chi connectivity index (χ0n) is 8.97. The second-order valence-electron chi connectivity index (χ2n) is 3.41. The minimum absolute atomic E-state index is 0.0254. The Hall–Kier alpha value is -1.07. The highest BCUT2D eigenvalue weighted by atomic mass is 32.2. The zero-order valence-corrected chi connectivity index (χ0v) is 9.79. The van der Waals surface area contributed by atoms with Crippen molar-refractivity contribution in [1.29, 1.82) is 0 Å². The number of nitrogens with zero attached hydrogens (tertiary/aromatic N) is 1. The Labute approximate surface area is 90.8 Å². The average molecular weight is 228 g/mol. The van der Waals surface area contributed by atoms with E-state index in [9.17, 15) is 8.42 Å².